The molecule has 1 aromatic carbocycles. The molecule has 0 saturated carbocycles. The van der Waals surface area contributed by atoms with E-state index in [-0.39, 0.29) is 5.69 Å². The number of hydrogen-bond acceptors (Lipinski definition) is 4. The highest BCUT2D eigenvalue weighted by atomic mass is 127. The van der Waals surface area contributed by atoms with Gasteiger partial charge in [-0.15, -0.1) is 0 Å². The summed E-state index contributed by atoms with van der Waals surface area (Å²) in [4.78, 5) is 12.8. The summed E-state index contributed by atoms with van der Waals surface area (Å²) in [6, 6.07) is 5.02. The molecule has 5 nitrogen and oxygen atoms in total. The van der Waals surface area contributed by atoms with Crippen molar-refractivity contribution in [1.29, 1.82) is 0 Å². The zero-order valence-corrected chi connectivity index (χ0v) is 12.1. The van der Waals surface area contributed by atoms with Crippen LogP contribution in [0, 0.1) is 13.7 Å². The van der Waals surface area contributed by atoms with Crippen LogP contribution < -0.4 is 4.74 Å². The molecule has 2 rings (SSSR count). The van der Waals surface area contributed by atoms with Crippen molar-refractivity contribution in [3.05, 3.63) is 31.9 Å². The number of likely N-dealkylation sites (tertiary alicyclic amines) is 1. The van der Waals surface area contributed by atoms with E-state index in [1.807, 2.05) is 6.07 Å². The highest BCUT2D eigenvalue weighted by molar-refractivity contribution is 14.1. The first kappa shape index (κ1) is 13.5. The maximum Gasteiger partial charge on any atom is 0.311 e. The lowest BCUT2D eigenvalue weighted by Gasteiger charge is -2.14. The minimum atomic E-state index is -0.395. The molecule has 0 amide bonds. The van der Waals surface area contributed by atoms with Crippen molar-refractivity contribution in [3.63, 3.8) is 0 Å². The monoisotopic (exact) mass is 362 g/mol. The molecule has 0 aromatic heterocycles. The number of nitro benzene ring substituents is 1. The van der Waals surface area contributed by atoms with Crippen molar-refractivity contribution >= 4 is 28.3 Å². The molecule has 0 radical (unpaired) electrons. The lowest BCUT2D eigenvalue weighted by atomic mass is 10.3. The average Bonchev–Trinajstić information content (AvgIpc) is 2.84. The number of halogens is 1. The molecular formula is C12H15IN2O3. The summed E-state index contributed by atoms with van der Waals surface area (Å²) in [6.07, 6.45) is 2.48. The highest BCUT2D eigenvalue weighted by Crippen LogP contribution is 2.28. The third-order valence-electron chi connectivity index (χ3n) is 2.98. The van der Waals surface area contributed by atoms with Crippen LogP contribution in [0.2, 0.25) is 0 Å². The second-order valence-electron chi connectivity index (χ2n) is 4.27. The number of nitrogens with zero attached hydrogens (tertiary/aromatic N) is 2. The summed E-state index contributed by atoms with van der Waals surface area (Å²) >= 11 is 2.06. The number of benzene rings is 1. The predicted octanol–water partition coefficient (Wildman–Crippen LogP) is 2.67. The van der Waals surface area contributed by atoms with Gasteiger partial charge in [-0.3, -0.25) is 15.0 Å². The number of ether oxygens (including phenoxy) is 1. The third-order valence-corrected chi connectivity index (χ3v) is 3.65. The van der Waals surface area contributed by atoms with E-state index in [4.69, 9.17) is 4.74 Å². The summed E-state index contributed by atoms with van der Waals surface area (Å²) in [5.41, 5.74) is 0.0447. The van der Waals surface area contributed by atoms with Gasteiger partial charge in [-0.25, -0.2) is 0 Å². The molecule has 0 bridgehead atoms. The molecule has 1 saturated heterocycles. The van der Waals surface area contributed by atoms with E-state index in [9.17, 15) is 10.1 Å². The molecule has 18 heavy (non-hydrogen) atoms. The zero-order valence-electron chi connectivity index (χ0n) is 9.97. The van der Waals surface area contributed by atoms with Crippen LogP contribution in [0.3, 0.4) is 0 Å². The lowest BCUT2D eigenvalue weighted by molar-refractivity contribution is -0.386. The first-order valence-electron chi connectivity index (χ1n) is 5.96. The van der Waals surface area contributed by atoms with Gasteiger partial charge in [0.1, 0.15) is 6.61 Å². The van der Waals surface area contributed by atoms with Gasteiger partial charge in [-0.1, -0.05) is 0 Å². The minimum Gasteiger partial charge on any atom is -0.485 e. The average molecular weight is 362 g/mol. The highest BCUT2D eigenvalue weighted by Gasteiger charge is 2.16. The van der Waals surface area contributed by atoms with Gasteiger partial charge in [0.25, 0.3) is 0 Å². The second-order valence-corrected chi connectivity index (χ2v) is 5.51. The third kappa shape index (κ3) is 3.55. The number of hydrogen-bond donors (Lipinski definition) is 0. The van der Waals surface area contributed by atoms with Crippen LogP contribution in [0.5, 0.6) is 5.75 Å². The van der Waals surface area contributed by atoms with E-state index in [1.54, 1.807) is 6.07 Å². The van der Waals surface area contributed by atoms with Gasteiger partial charge >= 0.3 is 5.69 Å². The maximum atomic E-state index is 10.9. The smallest absolute Gasteiger partial charge is 0.311 e. The van der Waals surface area contributed by atoms with E-state index in [0.717, 1.165) is 23.2 Å². The minimum absolute atomic E-state index is 0.0447. The molecule has 0 aliphatic carbocycles. The predicted molar refractivity (Wildman–Crippen MR) is 77.0 cm³/mol. The topological polar surface area (TPSA) is 55.6 Å². The number of nitro groups is 1. The Labute approximate surface area is 119 Å². The van der Waals surface area contributed by atoms with Crippen molar-refractivity contribution in [2.24, 2.45) is 0 Å². The van der Waals surface area contributed by atoms with E-state index in [2.05, 4.69) is 27.5 Å². The fourth-order valence-corrected chi connectivity index (χ4v) is 2.52. The van der Waals surface area contributed by atoms with Crippen molar-refractivity contribution in [2.45, 2.75) is 12.8 Å². The molecule has 1 aromatic rings. The Morgan fingerprint density at radius 1 is 1.39 bits per heavy atom. The molecule has 1 heterocycles. The van der Waals surface area contributed by atoms with E-state index in [0.29, 0.717) is 12.4 Å². The van der Waals surface area contributed by atoms with Crippen LogP contribution in [0.4, 0.5) is 5.69 Å². The molecule has 0 atom stereocenters. The Kier molecular flexibility index (Phi) is 4.76. The molecule has 6 heteroatoms. The molecule has 0 spiro atoms. The van der Waals surface area contributed by atoms with Crippen LogP contribution in [0.1, 0.15) is 12.8 Å². The van der Waals surface area contributed by atoms with Crippen LogP contribution in [-0.2, 0) is 0 Å². The van der Waals surface area contributed by atoms with Crippen LogP contribution in [-0.4, -0.2) is 36.1 Å². The van der Waals surface area contributed by atoms with Crippen molar-refractivity contribution < 1.29 is 9.66 Å². The standard InChI is InChI=1S/C12H15IN2O3/c13-10-3-4-12(11(9-10)15(16)17)18-8-7-14-5-1-2-6-14/h3-4,9H,1-2,5-8H2. The Morgan fingerprint density at radius 3 is 2.78 bits per heavy atom. The summed E-state index contributed by atoms with van der Waals surface area (Å²) in [5, 5.41) is 10.9. The molecule has 0 unspecified atom stereocenters. The summed E-state index contributed by atoms with van der Waals surface area (Å²) < 4.78 is 6.37. The van der Waals surface area contributed by atoms with Gasteiger partial charge in [-0.05, 0) is 60.7 Å². The Hall–Kier alpha value is -0.890. The first-order chi connectivity index (χ1) is 8.66. The Balaban J connectivity index is 1.93. The molecular weight excluding hydrogens is 347 g/mol. The maximum absolute atomic E-state index is 10.9. The van der Waals surface area contributed by atoms with Crippen LogP contribution in [0.15, 0.2) is 18.2 Å². The van der Waals surface area contributed by atoms with E-state index in [1.165, 1.54) is 18.9 Å². The van der Waals surface area contributed by atoms with Gasteiger partial charge in [0.15, 0.2) is 5.75 Å². The van der Waals surface area contributed by atoms with Crippen molar-refractivity contribution in [1.82, 2.24) is 4.90 Å². The fraction of sp³-hybridized carbons (Fsp3) is 0.500. The second kappa shape index (κ2) is 6.33. The van der Waals surface area contributed by atoms with Gasteiger partial charge in [0.2, 0.25) is 0 Å². The largest absolute Gasteiger partial charge is 0.485 e. The van der Waals surface area contributed by atoms with Gasteiger partial charge in [0.05, 0.1) is 4.92 Å². The van der Waals surface area contributed by atoms with Gasteiger partial charge in [0, 0.05) is 16.2 Å². The summed E-state index contributed by atoms with van der Waals surface area (Å²) in [6.45, 7) is 3.56. The van der Waals surface area contributed by atoms with Gasteiger partial charge < -0.3 is 4.74 Å². The summed E-state index contributed by atoms with van der Waals surface area (Å²) in [5.74, 6) is 0.361. The van der Waals surface area contributed by atoms with E-state index >= 15 is 0 Å². The quantitative estimate of drug-likeness (QED) is 0.459. The fourth-order valence-electron chi connectivity index (χ4n) is 2.05. The number of rotatable bonds is 5. The zero-order chi connectivity index (χ0) is 13.0. The molecule has 98 valence electrons. The molecule has 1 aliphatic rings. The molecule has 1 aliphatic heterocycles. The molecule has 0 N–H and O–H groups in total. The van der Waals surface area contributed by atoms with E-state index < -0.39 is 4.92 Å². The normalized spacial score (nSPS) is 15.8. The van der Waals surface area contributed by atoms with Gasteiger partial charge in [-0.2, -0.15) is 0 Å². The van der Waals surface area contributed by atoms with Crippen molar-refractivity contribution in [3.8, 4) is 5.75 Å². The Bertz CT molecular complexity index is 433. The Morgan fingerprint density at radius 2 is 2.11 bits per heavy atom. The molecule has 1 fully saturated rings. The first-order valence-corrected chi connectivity index (χ1v) is 7.04. The van der Waals surface area contributed by atoms with Crippen LogP contribution >= 0.6 is 22.6 Å². The lowest BCUT2D eigenvalue weighted by Crippen LogP contribution is -2.25. The van der Waals surface area contributed by atoms with Crippen LogP contribution in [0.25, 0.3) is 0 Å². The van der Waals surface area contributed by atoms with Crippen molar-refractivity contribution in [2.75, 3.05) is 26.2 Å². The summed E-state index contributed by atoms with van der Waals surface area (Å²) in [7, 11) is 0. The SMILES string of the molecule is O=[N+]([O-])c1cc(I)ccc1OCCN1CCCC1.